The predicted octanol–water partition coefficient (Wildman–Crippen LogP) is 2.02. The van der Waals surface area contributed by atoms with Gasteiger partial charge in [0.25, 0.3) is 0 Å². The van der Waals surface area contributed by atoms with E-state index in [1.807, 2.05) is 6.07 Å². The molecule has 0 aliphatic rings. The minimum absolute atomic E-state index is 0.0446. The van der Waals surface area contributed by atoms with Crippen molar-refractivity contribution in [2.24, 2.45) is 0 Å². The third-order valence-electron chi connectivity index (χ3n) is 2.86. The summed E-state index contributed by atoms with van der Waals surface area (Å²) in [5.74, 6) is -1.07. The first-order valence-electron chi connectivity index (χ1n) is 5.70. The van der Waals surface area contributed by atoms with E-state index < -0.39 is 11.6 Å². The summed E-state index contributed by atoms with van der Waals surface area (Å²) in [5.41, 5.74) is 0.470. The minimum atomic E-state index is -0.576. The number of halogens is 2. The van der Waals surface area contributed by atoms with Gasteiger partial charge in [0.05, 0.1) is 18.1 Å². The molecule has 0 amide bonds. The molecule has 0 aliphatic heterocycles. The van der Waals surface area contributed by atoms with Gasteiger partial charge >= 0.3 is 0 Å². The Bertz CT molecular complexity index is 834. The molecule has 3 rings (SSSR count). The Hall–Kier alpha value is -2.88. The van der Waals surface area contributed by atoms with E-state index in [0.29, 0.717) is 5.56 Å². The average Bonchev–Trinajstić information content (AvgIpc) is 2.81. The maximum absolute atomic E-state index is 13.7. The van der Waals surface area contributed by atoms with E-state index in [1.54, 1.807) is 0 Å². The summed E-state index contributed by atoms with van der Waals surface area (Å²) in [7, 11) is 0. The normalized spacial score (nSPS) is 10.7. The summed E-state index contributed by atoms with van der Waals surface area (Å²) in [6, 6.07) is 4.46. The molecule has 0 aliphatic carbocycles. The van der Waals surface area contributed by atoms with Crippen LogP contribution in [0.25, 0.3) is 11.0 Å². The zero-order valence-corrected chi connectivity index (χ0v) is 10.1. The Balaban J connectivity index is 2.16. The van der Waals surface area contributed by atoms with Gasteiger partial charge in [0, 0.05) is 18.0 Å². The fourth-order valence-corrected chi connectivity index (χ4v) is 1.94. The van der Waals surface area contributed by atoms with Crippen LogP contribution in [-0.4, -0.2) is 19.7 Å². The molecule has 98 valence electrons. The number of hydrogen-bond acceptors (Lipinski definition) is 4. The molecule has 0 N–H and O–H groups in total. The largest absolute Gasteiger partial charge is 0.262 e. The Labute approximate surface area is 112 Å². The van der Waals surface area contributed by atoms with Crippen LogP contribution in [0.4, 0.5) is 8.78 Å². The van der Waals surface area contributed by atoms with Crippen molar-refractivity contribution in [2.45, 2.75) is 6.54 Å². The van der Waals surface area contributed by atoms with Gasteiger partial charge in [-0.05, 0) is 12.1 Å². The van der Waals surface area contributed by atoms with Crippen LogP contribution in [0.15, 0.2) is 30.7 Å². The van der Waals surface area contributed by atoms with Crippen LogP contribution in [0.3, 0.4) is 0 Å². The number of hydrogen-bond donors (Lipinski definition) is 0. The molecule has 0 fully saturated rings. The molecule has 0 saturated carbocycles. The van der Waals surface area contributed by atoms with Crippen molar-refractivity contribution >= 4 is 11.0 Å². The molecular weight excluding hydrogens is 264 g/mol. The van der Waals surface area contributed by atoms with Crippen LogP contribution in [0.5, 0.6) is 0 Å². The van der Waals surface area contributed by atoms with Gasteiger partial charge in [0.2, 0.25) is 0 Å². The third-order valence-corrected chi connectivity index (χ3v) is 2.86. The Morgan fingerprint density at radius 3 is 2.80 bits per heavy atom. The van der Waals surface area contributed by atoms with Crippen LogP contribution < -0.4 is 0 Å². The number of rotatable bonds is 2. The van der Waals surface area contributed by atoms with Crippen molar-refractivity contribution in [3.05, 3.63) is 53.6 Å². The van der Waals surface area contributed by atoms with Gasteiger partial charge < -0.3 is 0 Å². The highest BCUT2D eigenvalue weighted by Gasteiger charge is 2.16. The Morgan fingerprint density at radius 1 is 1.20 bits per heavy atom. The number of aromatic nitrogens is 4. The lowest BCUT2D eigenvalue weighted by molar-refractivity contribution is 0.583. The highest BCUT2D eigenvalue weighted by molar-refractivity contribution is 5.81. The number of pyridine rings is 2. The molecule has 0 radical (unpaired) electrons. The summed E-state index contributed by atoms with van der Waals surface area (Å²) in [4.78, 5) is 7.66. The van der Waals surface area contributed by atoms with Crippen molar-refractivity contribution in [3.63, 3.8) is 0 Å². The second-order valence-corrected chi connectivity index (χ2v) is 4.08. The highest BCUT2D eigenvalue weighted by atomic mass is 19.1. The van der Waals surface area contributed by atoms with Gasteiger partial charge in [-0.3, -0.25) is 4.98 Å². The highest BCUT2D eigenvalue weighted by Crippen LogP contribution is 2.20. The molecule has 7 heteroatoms. The van der Waals surface area contributed by atoms with E-state index in [2.05, 4.69) is 15.1 Å². The molecule has 0 aromatic carbocycles. The molecule has 3 aromatic heterocycles. The standard InChI is InChI=1S/C13H7F2N5/c14-9-2-4-18-13-12(9)11(5-16)19-20(13)7-8-1-3-17-6-10(8)15/h1-4,6H,7H2. The van der Waals surface area contributed by atoms with Gasteiger partial charge in [-0.2, -0.15) is 10.4 Å². The second kappa shape index (κ2) is 4.66. The molecule has 3 aromatic rings. The molecule has 0 bridgehead atoms. The molecule has 0 unspecified atom stereocenters. The summed E-state index contributed by atoms with van der Waals surface area (Å²) in [6.07, 6.45) is 3.81. The summed E-state index contributed by atoms with van der Waals surface area (Å²) >= 11 is 0. The number of nitrogens with zero attached hydrogens (tertiary/aromatic N) is 5. The van der Waals surface area contributed by atoms with Crippen LogP contribution in [-0.2, 0) is 6.54 Å². The maximum atomic E-state index is 13.7. The molecular formula is C13H7F2N5. The molecule has 20 heavy (non-hydrogen) atoms. The van der Waals surface area contributed by atoms with Gasteiger partial charge in [-0.15, -0.1) is 0 Å². The van der Waals surface area contributed by atoms with Crippen molar-refractivity contribution in [2.75, 3.05) is 0 Å². The lowest BCUT2D eigenvalue weighted by Gasteiger charge is -2.03. The van der Waals surface area contributed by atoms with E-state index in [4.69, 9.17) is 5.26 Å². The van der Waals surface area contributed by atoms with Crippen molar-refractivity contribution < 1.29 is 8.78 Å². The second-order valence-electron chi connectivity index (χ2n) is 4.08. The number of fused-ring (bicyclic) bond motifs is 1. The zero-order valence-electron chi connectivity index (χ0n) is 10.1. The summed E-state index contributed by atoms with van der Waals surface area (Å²) < 4.78 is 28.6. The fourth-order valence-electron chi connectivity index (χ4n) is 1.94. The first-order valence-corrected chi connectivity index (χ1v) is 5.70. The Morgan fingerprint density at radius 2 is 2.05 bits per heavy atom. The van der Waals surface area contributed by atoms with Crippen LogP contribution >= 0.6 is 0 Å². The quantitative estimate of drug-likeness (QED) is 0.715. The zero-order chi connectivity index (χ0) is 14.1. The fraction of sp³-hybridized carbons (Fsp3) is 0.0769. The van der Waals surface area contributed by atoms with E-state index >= 15 is 0 Å². The first-order chi connectivity index (χ1) is 9.70. The van der Waals surface area contributed by atoms with E-state index in [9.17, 15) is 8.78 Å². The van der Waals surface area contributed by atoms with E-state index in [0.717, 1.165) is 12.3 Å². The molecule has 5 nitrogen and oxygen atoms in total. The minimum Gasteiger partial charge on any atom is -0.262 e. The number of nitriles is 1. The molecule has 0 atom stereocenters. The molecule has 0 spiro atoms. The molecule has 0 saturated heterocycles. The van der Waals surface area contributed by atoms with E-state index in [-0.39, 0.29) is 23.3 Å². The van der Waals surface area contributed by atoms with Crippen LogP contribution in [0, 0.1) is 23.0 Å². The lowest BCUT2D eigenvalue weighted by atomic mass is 10.2. The smallest absolute Gasteiger partial charge is 0.174 e. The monoisotopic (exact) mass is 271 g/mol. The topological polar surface area (TPSA) is 67.4 Å². The average molecular weight is 271 g/mol. The SMILES string of the molecule is N#Cc1nn(Cc2ccncc2F)c2nccc(F)c12. The summed E-state index contributed by atoms with van der Waals surface area (Å²) in [5, 5.41) is 13.0. The van der Waals surface area contributed by atoms with Crippen LogP contribution in [0.1, 0.15) is 11.3 Å². The van der Waals surface area contributed by atoms with Gasteiger partial charge in [-0.25, -0.2) is 18.4 Å². The lowest BCUT2D eigenvalue weighted by Crippen LogP contribution is -2.05. The van der Waals surface area contributed by atoms with Gasteiger partial charge in [0.1, 0.15) is 17.7 Å². The van der Waals surface area contributed by atoms with Crippen molar-refractivity contribution in [1.29, 1.82) is 5.26 Å². The van der Waals surface area contributed by atoms with E-state index in [1.165, 1.54) is 23.1 Å². The van der Waals surface area contributed by atoms with Crippen molar-refractivity contribution in [3.8, 4) is 6.07 Å². The third kappa shape index (κ3) is 1.87. The Kier molecular flexibility index (Phi) is 2.84. The van der Waals surface area contributed by atoms with Gasteiger partial charge in [0.15, 0.2) is 11.3 Å². The molecule has 3 heterocycles. The predicted molar refractivity (Wildman–Crippen MR) is 65.5 cm³/mol. The van der Waals surface area contributed by atoms with Crippen LogP contribution in [0.2, 0.25) is 0 Å². The first kappa shape index (κ1) is 12.2. The maximum Gasteiger partial charge on any atom is 0.174 e. The summed E-state index contributed by atoms with van der Waals surface area (Å²) in [6.45, 7) is 0.0446. The van der Waals surface area contributed by atoms with Gasteiger partial charge in [-0.1, -0.05) is 0 Å². The van der Waals surface area contributed by atoms with Crippen molar-refractivity contribution in [1.82, 2.24) is 19.7 Å².